The van der Waals surface area contributed by atoms with Crippen molar-refractivity contribution in [1.29, 1.82) is 0 Å². The number of aliphatic hydroxyl groups is 2. The molecule has 0 aromatic heterocycles. The quantitative estimate of drug-likeness (QED) is 0.869. The summed E-state index contributed by atoms with van der Waals surface area (Å²) in [6.07, 6.45) is 3.98. The van der Waals surface area contributed by atoms with Crippen LogP contribution in [0.2, 0.25) is 5.02 Å². The normalized spacial score (nSPS) is 21.1. The number of rotatable bonds is 3. The van der Waals surface area contributed by atoms with Gasteiger partial charge in [-0.15, -0.1) is 0 Å². The molecule has 0 bridgehead atoms. The fourth-order valence-corrected chi connectivity index (χ4v) is 2.88. The number of hydrogen-bond acceptors (Lipinski definition) is 2. The zero-order chi connectivity index (χ0) is 12.3. The molecule has 2 rings (SSSR count). The lowest BCUT2D eigenvalue weighted by Crippen LogP contribution is -2.29. The molecule has 1 aliphatic carbocycles. The lowest BCUT2D eigenvalue weighted by molar-refractivity contribution is -0.0285. The average Bonchev–Trinajstić information content (AvgIpc) is 2.39. The Morgan fingerprint density at radius 2 is 1.71 bits per heavy atom. The van der Waals surface area contributed by atoms with Crippen molar-refractivity contribution in [1.82, 2.24) is 0 Å². The van der Waals surface area contributed by atoms with E-state index in [4.69, 9.17) is 11.6 Å². The molecule has 2 unspecified atom stereocenters. The molecule has 0 saturated heterocycles. The molecule has 0 amide bonds. The van der Waals surface area contributed by atoms with Gasteiger partial charge in [0.05, 0.1) is 6.10 Å². The maximum Gasteiger partial charge on any atom is 0.107 e. The Morgan fingerprint density at radius 1 is 1.06 bits per heavy atom. The van der Waals surface area contributed by atoms with Crippen molar-refractivity contribution in [3.05, 3.63) is 34.9 Å². The third-order valence-electron chi connectivity index (χ3n) is 3.68. The van der Waals surface area contributed by atoms with Crippen molar-refractivity contribution in [2.45, 2.75) is 44.3 Å². The Labute approximate surface area is 107 Å². The van der Waals surface area contributed by atoms with Gasteiger partial charge in [-0.2, -0.15) is 0 Å². The molecule has 1 fully saturated rings. The fraction of sp³-hybridized carbons (Fsp3) is 0.571. The van der Waals surface area contributed by atoms with Crippen LogP contribution in [0.25, 0.3) is 0 Å². The van der Waals surface area contributed by atoms with Gasteiger partial charge in [0.15, 0.2) is 0 Å². The van der Waals surface area contributed by atoms with Crippen LogP contribution in [0.4, 0.5) is 0 Å². The topological polar surface area (TPSA) is 40.5 Å². The SMILES string of the molecule is OC(c1ccccc1Cl)C(O)C1CCCCC1. The first-order chi connectivity index (χ1) is 8.20. The Balaban J connectivity index is 2.08. The van der Waals surface area contributed by atoms with E-state index in [-0.39, 0.29) is 5.92 Å². The zero-order valence-electron chi connectivity index (χ0n) is 9.85. The van der Waals surface area contributed by atoms with Gasteiger partial charge < -0.3 is 10.2 Å². The van der Waals surface area contributed by atoms with E-state index in [9.17, 15) is 10.2 Å². The predicted molar refractivity (Wildman–Crippen MR) is 69.0 cm³/mol. The Kier molecular flexibility index (Phi) is 4.43. The van der Waals surface area contributed by atoms with Gasteiger partial charge in [-0.1, -0.05) is 49.1 Å². The van der Waals surface area contributed by atoms with Crippen molar-refractivity contribution in [3.8, 4) is 0 Å². The lowest BCUT2D eigenvalue weighted by Gasteiger charge is -2.30. The molecule has 0 aliphatic heterocycles. The number of hydrogen-bond donors (Lipinski definition) is 2. The van der Waals surface area contributed by atoms with E-state index in [0.717, 1.165) is 25.7 Å². The molecule has 1 aromatic rings. The van der Waals surface area contributed by atoms with Gasteiger partial charge in [0, 0.05) is 10.6 Å². The van der Waals surface area contributed by atoms with Crippen LogP contribution in [-0.2, 0) is 0 Å². The molecule has 17 heavy (non-hydrogen) atoms. The number of benzene rings is 1. The molecular formula is C14H19ClO2. The second kappa shape index (κ2) is 5.85. The van der Waals surface area contributed by atoms with Crippen LogP contribution in [-0.4, -0.2) is 16.3 Å². The van der Waals surface area contributed by atoms with Gasteiger partial charge in [-0.05, 0) is 24.8 Å². The highest BCUT2D eigenvalue weighted by Crippen LogP contribution is 2.34. The van der Waals surface area contributed by atoms with E-state index in [1.165, 1.54) is 6.42 Å². The molecule has 1 aromatic carbocycles. The summed E-state index contributed by atoms with van der Waals surface area (Å²) in [4.78, 5) is 0. The Bertz CT molecular complexity index is 361. The summed E-state index contributed by atoms with van der Waals surface area (Å²) >= 11 is 6.03. The zero-order valence-corrected chi connectivity index (χ0v) is 10.6. The lowest BCUT2D eigenvalue weighted by atomic mass is 9.82. The van der Waals surface area contributed by atoms with Gasteiger partial charge in [0.2, 0.25) is 0 Å². The van der Waals surface area contributed by atoms with Crippen LogP contribution in [0.5, 0.6) is 0 Å². The average molecular weight is 255 g/mol. The highest BCUT2D eigenvalue weighted by molar-refractivity contribution is 6.31. The van der Waals surface area contributed by atoms with Crippen LogP contribution in [0.3, 0.4) is 0 Å². The van der Waals surface area contributed by atoms with Crippen molar-refractivity contribution in [3.63, 3.8) is 0 Å². The largest absolute Gasteiger partial charge is 0.390 e. The summed E-state index contributed by atoms with van der Waals surface area (Å²) < 4.78 is 0. The molecule has 2 nitrogen and oxygen atoms in total. The summed E-state index contributed by atoms with van der Waals surface area (Å²) in [5, 5.41) is 20.9. The van der Waals surface area contributed by atoms with Crippen molar-refractivity contribution in [2.24, 2.45) is 5.92 Å². The monoisotopic (exact) mass is 254 g/mol. The summed E-state index contributed by atoms with van der Waals surface area (Å²) in [6.45, 7) is 0. The number of halogens is 1. The molecule has 0 radical (unpaired) electrons. The minimum absolute atomic E-state index is 0.204. The van der Waals surface area contributed by atoms with E-state index in [2.05, 4.69) is 0 Å². The van der Waals surface area contributed by atoms with E-state index < -0.39 is 12.2 Å². The second-order valence-electron chi connectivity index (χ2n) is 4.86. The molecule has 2 atom stereocenters. The van der Waals surface area contributed by atoms with Crippen LogP contribution < -0.4 is 0 Å². The maximum absolute atomic E-state index is 10.2. The summed E-state index contributed by atoms with van der Waals surface area (Å²) in [7, 11) is 0. The molecule has 1 aliphatic rings. The predicted octanol–water partition coefficient (Wildman–Crippen LogP) is 3.31. The maximum atomic E-state index is 10.2. The van der Waals surface area contributed by atoms with E-state index >= 15 is 0 Å². The van der Waals surface area contributed by atoms with Crippen LogP contribution in [0.15, 0.2) is 24.3 Å². The summed E-state index contributed by atoms with van der Waals surface area (Å²) in [5.74, 6) is 0.204. The van der Waals surface area contributed by atoms with Crippen molar-refractivity contribution in [2.75, 3.05) is 0 Å². The molecule has 3 heteroatoms. The fourth-order valence-electron chi connectivity index (χ4n) is 2.63. The van der Waals surface area contributed by atoms with Crippen LogP contribution in [0.1, 0.15) is 43.8 Å². The standard InChI is InChI=1S/C14H19ClO2/c15-12-9-5-4-8-11(12)14(17)13(16)10-6-2-1-3-7-10/h4-5,8-10,13-14,16-17H,1-3,6-7H2. The molecular weight excluding hydrogens is 236 g/mol. The van der Waals surface area contributed by atoms with Gasteiger partial charge in [-0.3, -0.25) is 0 Å². The molecule has 2 N–H and O–H groups in total. The first kappa shape index (κ1) is 12.9. The van der Waals surface area contributed by atoms with E-state index in [1.807, 2.05) is 12.1 Å². The molecule has 0 heterocycles. The van der Waals surface area contributed by atoms with Crippen LogP contribution in [0, 0.1) is 5.92 Å². The second-order valence-corrected chi connectivity index (χ2v) is 5.26. The van der Waals surface area contributed by atoms with Gasteiger partial charge in [0.1, 0.15) is 6.10 Å². The third kappa shape index (κ3) is 3.01. The van der Waals surface area contributed by atoms with Gasteiger partial charge >= 0.3 is 0 Å². The molecule has 94 valence electrons. The minimum Gasteiger partial charge on any atom is -0.390 e. The third-order valence-corrected chi connectivity index (χ3v) is 4.02. The molecule has 0 spiro atoms. The summed E-state index contributed by atoms with van der Waals surface area (Å²) in [5.41, 5.74) is 0.632. The minimum atomic E-state index is -0.869. The summed E-state index contributed by atoms with van der Waals surface area (Å²) in [6, 6.07) is 7.18. The van der Waals surface area contributed by atoms with Crippen LogP contribution >= 0.6 is 11.6 Å². The Hall–Kier alpha value is -0.570. The smallest absolute Gasteiger partial charge is 0.107 e. The van der Waals surface area contributed by atoms with Gasteiger partial charge in [0.25, 0.3) is 0 Å². The highest BCUT2D eigenvalue weighted by Gasteiger charge is 2.29. The molecule has 1 saturated carbocycles. The van der Waals surface area contributed by atoms with Crippen molar-refractivity contribution < 1.29 is 10.2 Å². The first-order valence-electron chi connectivity index (χ1n) is 6.30. The highest BCUT2D eigenvalue weighted by atomic mass is 35.5. The van der Waals surface area contributed by atoms with E-state index in [0.29, 0.717) is 10.6 Å². The number of aliphatic hydroxyl groups excluding tert-OH is 2. The van der Waals surface area contributed by atoms with Gasteiger partial charge in [-0.25, -0.2) is 0 Å². The Morgan fingerprint density at radius 3 is 2.35 bits per heavy atom. The van der Waals surface area contributed by atoms with Crippen molar-refractivity contribution >= 4 is 11.6 Å². The van der Waals surface area contributed by atoms with E-state index in [1.54, 1.807) is 12.1 Å². The first-order valence-corrected chi connectivity index (χ1v) is 6.68.